The van der Waals surface area contributed by atoms with Crippen molar-refractivity contribution in [1.82, 2.24) is 0 Å². The van der Waals surface area contributed by atoms with Gasteiger partial charge in [0, 0.05) is 6.42 Å². The largest absolute Gasteiger partial charge is 0.300 e. The van der Waals surface area contributed by atoms with Gasteiger partial charge >= 0.3 is 0 Å². The maximum atomic E-state index is 9.81. The van der Waals surface area contributed by atoms with Crippen LogP contribution in [0, 0.1) is 0 Å². The molecule has 0 saturated carbocycles. The Hall–Kier alpha value is -0.410. The predicted octanol–water partition coefficient (Wildman–Crippen LogP) is -0.196. The summed E-state index contributed by atoms with van der Waals surface area (Å²) in [5.41, 5.74) is 0. The second-order valence-corrected chi connectivity index (χ2v) is 1.06. The Balaban J connectivity index is 0. The number of Topliss-reactive ketones (excluding diaryl/α,β-unsaturated/α-hetero) is 1. The van der Waals surface area contributed by atoms with Gasteiger partial charge in [0.15, 0.2) is 0 Å². The molecule has 4 N–H and O–H groups in total. The van der Waals surface area contributed by atoms with E-state index in [1.165, 1.54) is 0 Å². The predicted molar refractivity (Wildman–Crippen MR) is 29.3 cm³/mol. The third kappa shape index (κ3) is 28.5. The number of carbonyl (C=O) groups excluding carboxylic acids is 1. The molecule has 0 aliphatic rings. The summed E-state index contributed by atoms with van der Waals surface area (Å²) >= 11 is 0. The Labute approximate surface area is 43.7 Å². The van der Waals surface area contributed by atoms with Crippen LogP contribution in [0.4, 0.5) is 0 Å². The first-order chi connectivity index (χ1) is 3.27. The van der Waals surface area contributed by atoms with Gasteiger partial charge in [-0.3, -0.25) is 11.7 Å². The highest BCUT2D eigenvalue weighted by molar-refractivity contribution is 5.74. The van der Waals surface area contributed by atoms with E-state index in [0.717, 1.165) is 0 Å². The number of rotatable bonds is 1. The van der Waals surface area contributed by atoms with Gasteiger partial charge in [0.1, 0.15) is 5.78 Å². The lowest BCUT2D eigenvalue weighted by molar-refractivity contribution is -0.116. The third-order valence-corrected chi connectivity index (χ3v) is 0.498. The van der Waals surface area contributed by atoms with Crippen LogP contribution in [0.2, 0.25) is 0 Å². The Kier molecular flexibility index (Phi) is 12.8. The highest BCUT2D eigenvalue weighted by Gasteiger charge is 1.76. The molecule has 0 rings (SSSR count). The minimum absolute atomic E-state index is 0.255. The first-order valence-electron chi connectivity index (χ1n) is 2.10. The minimum atomic E-state index is 0.255. The first kappa shape index (κ1) is 9.77. The maximum Gasteiger partial charge on any atom is 0.129 e. The van der Waals surface area contributed by atoms with Crippen LogP contribution < -0.4 is 11.7 Å². The van der Waals surface area contributed by atoms with Crippen LogP contribution in [-0.4, -0.2) is 5.78 Å². The Morgan fingerprint density at radius 1 is 1.57 bits per heavy atom. The highest BCUT2D eigenvalue weighted by atomic mass is 16.1. The molecule has 3 nitrogen and oxygen atoms in total. The molecule has 0 aromatic carbocycles. The van der Waals surface area contributed by atoms with Crippen molar-refractivity contribution in [3.8, 4) is 0 Å². The van der Waals surface area contributed by atoms with E-state index in [0.29, 0.717) is 6.42 Å². The monoisotopic (exact) mass is 104 g/mol. The fraction of sp³-hybridized carbons (Fsp3) is 0.750. The van der Waals surface area contributed by atoms with Crippen molar-refractivity contribution in [2.24, 2.45) is 11.7 Å². The summed E-state index contributed by atoms with van der Waals surface area (Å²) in [6.45, 7) is 3.43. The molecule has 0 aliphatic heterocycles. The number of ketones is 1. The molecule has 0 spiro atoms. The fourth-order valence-electron chi connectivity index (χ4n) is 0. The highest BCUT2D eigenvalue weighted by Crippen LogP contribution is 1.71. The van der Waals surface area contributed by atoms with Crippen molar-refractivity contribution in [2.75, 3.05) is 0 Å². The summed E-state index contributed by atoms with van der Waals surface area (Å²) in [7, 11) is 0. The Morgan fingerprint density at radius 3 is 1.71 bits per heavy atom. The lowest BCUT2D eigenvalue weighted by Gasteiger charge is -1.71. The average molecular weight is 104 g/mol. The summed E-state index contributed by atoms with van der Waals surface area (Å²) in [5, 5.41) is 0. The number of carbonyl (C=O) groups is 1. The Bertz CT molecular complexity index is 45.0. The van der Waals surface area contributed by atoms with Gasteiger partial charge in [-0.1, -0.05) is 6.92 Å². The molecule has 0 aromatic rings. The van der Waals surface area contributed by atoms with Gasteiger partial charge in [0.05, 0.1) is 0 Å². The summed E-state index contributed by atoms with van der Waals surface area (Å²) < 4.78 is 0. The van der Waals surface area contributed by atoms with E-state index in [4.69, 9.17) is 0 Å². The zero-order chi connectivity index (χ0) is 6.28. The lowest BCUT2D eigenvalue weighted by Crippen LogP contribution is -2.02. The number of hydrazine groups is 1. The second kappa shape index (κ2) is 9.14. The van der Waals surface area contributed by atoms with Gasteiger partial charge in [0.2, 0.25) is 0 Å². The Morgan fingerprint density at radius 2 is 1.71 bits per heavy atom. The quantitative estimate of drug-likeness (QED) is 0.357. The summed E-state index contributed by atoms with van der Waals surface area (Å²) in [6, 6.07) is 0. The molecule has 0 amide bonds. The van der Waals surface area contributed by atoms with E-state index in [9.17, 15) is 4.79 Å². The lowest BCUT2D eigenvalue weighted by atomic mass is 10.4. The molecular formula is C4H12N2O. The topological polar surface area (TPSA) is 69.1 Å². The van der Waals surface area contributed by atoms with Crippen molar-refractivity contribution in [3.05, 3.63) is 0 Å². The van der Waals surface area contributed by atoms with Gasteiger partial charge < -0.3 is 4.79 Å². The zero-order valence-electron chi connectivity index (χ0n) is 4.77. The fourth-order valence-corrected chi connectivity index (χ4v) is 0. The van der Waals surface area contributed by atoms with Gasteiger partial charge in [-0.25, -0.2) is 0 Å². The van der Waals surface area contributed by atoms with Crippen molar-refractivity contribution in [1.29, 1.82) is 0 Å². The molecule has 0 fully saturated rings. The standard InChI is InChI=1S/C4H8O.H4N2/c1-3-4(2)5;1-2/h3H2,1-2H3;1-2H2. The molecule has 0 atom stereocenters. The third-order valence-electron chi connectivity index (χ3n) is 0.498. The van der Waals surface area contributed by atoms with Crippen molar-refractivity contribution in [3.63, 3.8) is 0 Å². The molecule has 0 aliphatic carbocycles. The van der Waals surface area contributed by atoms with Crippen LogP contribution in [0.15, 0.2) is 0 Å². The molecule has 0 heterocycles. The summed E-state index contributed by atoms with van der Waals surface area (Å²) in [4.78, 5) is 9.81. The molecule has 0 saturated heterocycles. The SMILES string of the molecule is CCC(C)=O.NN. The van der Waals surface area contributed by atoms with Gasteiger partial charge in [-0.2, -0.15) is 0 Å². The minimum Gasteiger partial charge on any atom is -0.300 e. The van der Waals surface area contributed by atoms with Crippen molar-refractivity contribution >= 4 is 5.78 Å². The van der Waals surface area contributed by atoms with Crippen LogP contribution in [0.1, 0.15) is 20.3 Å². The van der Waals surface area contributed by atoms with Gasteiger partial charge in [-0.05, 0) is 6.92 Å². The van der Waals surface area contributed by atoms with Crippen molar-refractivity contribution < 1.29 is 4.79 Å². The van der Waals surface area contributed by atoms with Gasteiger partial charge in [0.25, 0.3) is 0 Å². The summed E-state index contributed by atoms with van der Waals surface area (Å²) in [6.07, 6.45) is 0.667. The van der Waals surface area contributed by atoms with E-state index in [-0.39, 0.29) is 5.78 Å². The van der Waals surface area contributed by atoms with Crippen LogP contribution in [0.5, 0.6) is 0 Å². The molecular weight excluding hydrogens is 92.1 g/mol. The van der Waals surface area contributed by atoms with Gasteiger partial charge in [-0.15, -0.1) is 0 Å². The molecule has 0 aromatic heterocycles. The molecule has 0 bridgehead atoms. The van der Waals surface area contributed by atoms with Crippen LogP contribution in [0.3, 0.4) is 0 Å². The van der Waals surface area contributed by atoms with E-state index >= 15 is 0 Å². The number of hydrogen-bond donors (Lipinski definition) is 2. The number of hydrogen-bond acceptors (Lipinski definition) is 3. The normalized spacial score (nSPS) is 6.29. The zero-order valence-corrected chi connectivity index (χ0v) is 4.77. The summed E-state index contributed by atoms with van der Waals surface area (Å²) in [5.74, 6) is 8.25. The smallest absolute Gasteiger partial charge is 0.129 e. The molecule has 3 heteroatoms. The van der Waals surface area contributed by atoms with Crippen LogP contribution in [0.25, 0.3) is 0 Å². The second-order valence-electron chi connectivity index (χ2n) is 1.06. The van der Waals surface area contributed by atoms with E-state index in [2.05, 4.69) is 11.7 Å². The molecule has 7 heavy (non-hydrogen) atoms. The molecule has 0 unspecified atom stereocenters. The molecule has 44 valence electrons. The van der Waals surface area contributed by atoms with E-state index < -0.39 is 0 Å². The molecule has 0 radical (unpaired) electrons. The van der Waals surface area contributed by atoms with Crippen LogP contribution >= 0.6 is 0 Å². The van der Waals surface area contributed by atoms with Crippen molar-refractivity contribution in [2.45, 2.75) is 20.3 Å². The van der Waals surface area contributed by atoms with Crippen LogP contribution in [-0.2, 0) is 4.79 Å². The average Bonchev–Trinajstić information content (AvgIpc) is 1.73. The number of nitrogens with two attached hydrogens (primary N) is 2. The van der Waals surface area contributed by atoms with E-state index in [1.54, 1.807) is 6.92 Å². The maximum absolute atomic E-state index is 9.81. The van der Waals surface area contributed by atoms with E-state index in [1.807, 2.05) is 6.92 Å². The first-order valence-corrected chi connectivity index (χ1v) is 2.10.